The van der Waals surface area contributed by atoms with E-state index < -0.39 is 0 Å². The molecule has 0 aromatic heterocycles. The van der Waals surface area contributed by atoms with E-state index in [0.717, 1.165) is 19.4 Å². The highest BCUT2D eigenvalue weighted by Crippen LogP contribution is 2.23. The van der Waals surface area contributed by atoms with Gasteiger partial charge in [0.1, 0.15) is 0 Å². The summed E-state index contributed by atoms with van der Waals surface area (Å²) in [7, 11) is 1.91. The Morgan fingerprint density at radius 2 is 2.00 bits per heavy atom. The Kier molecular flexibility index (Phi) is 4.94. The molecule has 3 heteroatoms. The van der Waals surface area contributed by atoms with Crippen molar-refractivity contribution in [1.82, 2.24) is 10.6 Å². The number of likely N-dealkylation sites (N-methyl/N-ethyl adjacent to an activating group) is 1. The Bertz CT molecular complexity index is 176. The maximum absolute atomic E-state index is 11.7. The van der Waals surface area contributed by atoms with Crippen molar-refractivity contribution in [3.05, 3.63) is 0 Å². The summed E-state index contributed by atoms with van der Waals surface area (Å²) in [4.78, 5) is 11.7. The third-order valence-corrected chi connectivity index (χ3v) is 3.05. The van der Waals surface area contributed by atoms with Crippen LogP contribution in [0.25, 0.3) is 0 Å². The van der Waals surface area contributed by atoms with E-state index in [0.29, 0.717) is 6.04 Å². The van der Waals surface area contributed by atoms with Gasteiger partial charge in [0.2, 0.25) is 5.91 Å². The minimum Gasteiger partial charge on any atom is -0.354 e. The van der Waals surface area contributed by atoms with Gasteiger partial charge in [-0.1, -0.05) is 19.3 Å². The molecule has 1 aliphatic carbocycles. The summed E-state index contributed by atoms with van der Waals surface area (Å²) >= 11 is 0. The SMILES string of the molecule is CNC(C)CNC(=O)C1CCCCC1. The summed E-state index contributed by atoms with van der Waals surface area (Å²) in [5.74, 6) is 0.541. The van der Waals surface area contributed by atoms with E-state index in [-0.39, 0.29) is 11.8 Å². The van der Waals surface area contributed by atoms with Crippen molar-refractivity contribution in [3.63, 3.8) is 0 Å². The topological polar surface area (TPSA) is 41.1 Å². The molecule has 2 N–H and O–H groups in total. The van der Waals surface area contributed by atoms with Crippen LogP contribution in [0.3, 0.4) is 0 Å². The van der Waals surface area contributed by atoms with Crippen LogP contribution in [0.15, 0.2) is 0 Å². The number of carbonyl (C=O) groups is 1. The minimum atomic E-state index is 0.256. The van der Waals surface area contributed by atoms with Crippen molar-refractivity contribution in [2.45, 2.75) is 45.1 Å². The van der Waals surface area contributed by atoms with Crippen LogP contribution in [0, 0.1) is 5.92 Å². The lowest BCUT2D eigenvalue weighted by molar-refractivity contribution is -0.126. The van der Waals surface area contributed by atoms with Gasteiger partial charge in [-0.05, 0) is 26.8 Å². The molecule has 0 heterocycles. The molecule has 0 bridgehead atoms. The van der Waals surface area contributed by atoms with Crippen molar-refractivity contribution in [3.8, 4) is 0 Å². The summed E-state index contributed by atoms with van der Waals surface area (Å²) < 4.78 is 0. The van der Waals surface area contributed by atoms with Crippen LogP contribution in [0.5, 0.6) is 0 Å². The Labute approximate surface area is 86.6 Å². The fourth-order valence-corrected chi connectivity index (χ4v) is 1.86. The quantitative estimate of drug-likeness (QED) is 0.714. The smallest absolute Gasteiger partial charge is 0.223 e. The number of hydrogen-bond donors (Lipinski definition) is 2. The Morgan fingerprint density at radius 3 is 2.57 bits per heavy atom. The van der Waals surface area contributed by atoms with Gasteiger partial charge in [0.25, 0.3) is 0 Å². The van der Waals surface area contributed by atoms with Crippen molar-refractivity contribution >= 4 is 5.91 Å². The molecular weight excluding hydrogens is 176 g/mol. The Hall–Kier alpha value is -0.570. The molecule has 0 saturated heterocycles. The summed E-state index contributed by atoms with van der Waals surface area (Å²) in [6.07, 6.45) is 5.91. The molecule has 1 fully saturated rings. The normalized spacial score (nSPS) is 20.4. The fourth-order valence-electron chi connectivity index (χ4n) is 1.86. The van der Waals surface area contributed by atoms with Crippen LogP contribution < -0.4 is 10.6 Å². The van der Waals surface area contributed by atoms with Crippen molar-refractivity contribution < 1.29 is 4.79 Å². The molecule has 1 saturated carbocycles. The van der Waals surface area contributed by atoms with Crippen LogP contribution in [0.4, 0.5) is 0 Å². The second kappa shape index (κ2) is 6.02. The standard InChI is InChI=1S/C11H22N2O/c1-9(12-2)8-13-11(14)10-6-4-3-5-7-10/h9-10,12H,3-8H2,1-2H3,(H,13,14). The van der Waals surface area contributed by atoms with Crippen LogP contribution in [0.2, 0.25) is 0 Å². The van der Waals surface area contributed by atoms with E-state index in [4.69, 9.17) is 0 Å². The third-order valence-electron chi connectivity index (χ3n) is 3.05. The number of hydrogen-bond acceptors (Lipinski definition) is 2. The zero-order valence-corrected chi connectivity index (χ0v) is 9.31. The van der Waals surface area contributed by atoms with E-state index in [1.54, 1.807) is 0 Å². The zero-order valence-electron chi connectivity index (χ0n) is 9.31. The molecule has 0 spiro atoms. The molecule has 0 radical (unpaired) electrons. The van der Waals surface area contributed by atoms with Crippen LogP contribution >= 0.6 is 0 Å². The van der Waals surface area contributed by atoms with Crippen molar-refractivity contribution in [1.29, 1.82) is 0 Å². The van der Waals surface area contributed by atoms with E-state index >= 15 is 0 Å². The molecule has 14 heavy (non-hydrogen) atoms. The molecule has 1 rings (SSSR count). The summed E-state index contributed by atoms with van der Waals surface area (Å²) in [5.41, 5.74) is 0. The van der Waals surface area contributed by atoms with E-state index in [1.807, 2.05) is 7.05 Å². The minimum absolute atomic E-state index is 0.256. The lowest BCUT2D eigenvalue weighted by Gasteiger charge is -2.21. The van der Waals surface area contributed by atoms with Gasteiger partial charge in [0, 0.05) is 18.5 Å². The molecule has 0 aromatic carbocycles. The molecule has 0 aliphatic heterocycles. The maximum atomic E-state index is 11.7. The van der Waals surface area contributed by atoms with E-state index in [1.165, 1.54) is 19.3 Å². The summed E-state index contributed by atoms with van der Waals surface area (Å²) in [6.45, 7) is 2.81. The molecule has 82 valence electrons. The van der Waals surface area contributed by atoms with Gasteiger partial charge < -0.3 is 10.6 Å². The van der Waals surface area contributed by atoms with Gasteiger partial charge in [-0.3, -0.25) is 4.79 Å². The molecule has 1 aliphatic rings. The molecule has 3 nitrogen and oxygen atoms in total. The predicted octanol–water partition coefficient (Wildman–Crippen LogP) is 1.29. The first-order valence-electron chi connectivity index (χ1n) is 5.69. The van der Waals surface area contributed by atoms with Crippen LogP contribution in [0.1, 0.15) is 39.0 Å². The monoisotopic (exact) mass is 198 g/mol. The van der Waals surface area contributed by atoms with Gasteiger partial charge in [-0.25, -0.2) is 0 Å². The lowest BCUT2D eigenvalue weighted by atomic mass is 9.88. The van der Waals surface area contributed by atoms with Crippen molar-refractivity contribution in [2.75, 3.05) is 13.6 Å². The van der Waals surface area contributed by atoms with Gasteiger partial charge in [-0.15, -0.1) is 0 Å². The summed E-state index contributed by atoms with van der Waals surface area (Å²) in [5, 5.41) is 6.11. The summed E-state index contributed by atoms with van der Waals surface area (Å²) in [6, 6.07) is 0.363. The van der Waals surface area contributed by atoms with Crippen LogP contribution in [-0.2, 0) is 4.79 Å². The van der Waals surface area contributed by atoms with Gasteiger partial charge in [0.15, 0.2) is 0 Å². The van der Waals surface area contributed by atoms with Gasteiger partial charge in [0.05, 0.1) is 0 Å². The number of rotatable bonds is 4. The highest BCUT2D eigenvalue weighted by Gasteiger charge is 2.20. The van der Waals surface area contributed by atoms with Gasteiger partial charge >= 0.3 is 0 Å². The fraction of sp³-hybridized carbons (Fsp3) is 0.909. The zero-order chi connectivity index (χ0) is 10.4. The molecule has 1 amide bonds. The van der Waals surface area contributed by atoms with E-state index in [2.05, 4.69) is 17.6 Å². The second-order valence-corrected chi connectivity index (χ2v) is 4.27. The highest BCUT2D eigenvalue weighted by atomic mass is 16.1. The largest absolute Gasteiger partial charge is 0.354 e. The first kappa shape index (κ1) is 11.5. The Balaban J connectivity index is 2.19. The molecule has 1 unspecified atom stereocenters. The number of amides is 1. The van der Waals surface area contributed by atoms with Crippen LogP contribution in [-0.4, -0.2) is 25.5 Å². The van der Waals surface area contributed by atoms with E-state index in [9.17, 15) is 4.79 Å². The second-order valence-electron chi connectivity index (χ2n) is 4.27. The maximum Gasteiger partial charge on any atom is 0.223 e. The average molecular weight is 198 g/mol. The molecule has 1 atom stereocenters. The molecule has 0 aromatic rings. The first-order valence-corrected chi connectivity index (χ1v) is 5.69. The predicted molar refractivity (Wildman–Crippen MR) is 58.1 cm³/mol. The number of nitrogens with one attached hydrogen (secondary N) is 2. The lowest BCUT2D eigenvalue weighted by Crippen LogP contribution is -2.40. The van der Waals surface area contributed by atoms with Crippen molar-refractivity contribution in [2.24, 2.45) is 5.92 Å². The third kappa shape index (κ3) is 3.66. The first-order chi connectivity index (χ1) is 6.74. The highest BCUT2D eigenvalue weighted by molar-refractivity contribution is 5.78. The molecular formula is C11H22N2O. The van der Waals surface area contributed by atoms with Gasteiger partial charge in [-0.2, -0.15) is 0 Å². The Morgan fingerprint density at radius 1 is 1.36 bits per heavy atom. The number of carbonyl (C=O) groups excluding carboxylic acids is 1. The average Bonchev–Trinajstić information content (AvgIpc) is 2.26.